The number of hydrogen-bond acceptors (Lipinski definition) is 3. The number of para-hydroxylation sites is 2. The van der Waals surface area contributed by atoms with Gasteiger partial charge in [-0.3, -0.25) is 4.79 Å². The van der Waals surface area contributed by atoms with Gasteiger partial charge in [-0.25, -0.2) is 4.98 Å². The molecule has 0 saturated carbocycles. The van der Waals surface area contributed by atoms with Crippen molar-refractivity contribution in [1.82, 2.24) is 14.9 Å². The van der Waals surface area contributed by atoms with Gasteiger partial charge in [0.2, 0.25) is 0 Å². The van der Waals surface area contributed by atoms with Crippen LogP contribution in [0.3, 0.4) is 0 Å². The lowest BCUT2D eigenvalue weighted by molar-refractivity contribution is 0.0953. The van der Waals surface area contributed by atoms with Crippen LogP contribution in [-0.4, -0.2) is 28.6 Å². The highest BCUT2D eigenvalue weighted by Gasteiger charge is 2.11. The lowest BCUT2D eigenvalue weighted by atomic mass is 10.1. The molecule has 4 aromatic rings. The van der Waals surface area contributed by atoms with Crippen LogP contribution in [0, 0.1) is 13.8 Å². The smallest absolute Gasteiger partial charge is 0.251 e. The summed E-state index contributed by atoms with van der Waals surface area (Å²) in [5.41, 5.74) is 5.15. The van der Waals surface area contributed by atoms with Gasteiger partial charge in [0.25, 0.3) is 5.91 Å². The maximum Gasteiger partial charge on any atom is 0.251 e. The van der Waals surface area contributed by atoms with E-state index in [4.69, 9.17) is 9.72 Å². The van der Waals surface area contributed by atoms with E-state index in [1.54, 1.807) is 0 Å². The zero-order chi connectivity index (χ0) is 23.2. The van der Waals surface area contributed by atoms with Gasteiger partial charge >= 0.3 is 0 Å². The van der Waals surface area contributed by atoms with Crippen LogP contribution in [0.1, 0.15) is 33.7 Å². The van der Waals surface area contributed by atoms with Crippen molar-refractivity contribution in [2.45, 2.75) is 33.2 Å². The average Bonchev–Trinajstić information content (AvgIpc) is 3.14. The van der Waals surface area contributed by atoms with Crippen LogP contribution < -0.4 is 10.1 Å². The number of carbonyl (C=O) groups excluding carboxylic acids is 1. The molecule has 0 unspecified atom stereocenters. The summed E-state index contributed by atoms with van der Waals surface area (Å²) in [5, 5.41) is 3.00. The molecule has 0 aliphatic carbocycles. The Morgan fingerprint density at radius 3 is 2.52 bits per heavy atom. The first kappa shape index (κ1) is 23.1. The molecule has 3 aromatic carbocycles. The molecule has 0 saturated heterocycles. The van der Waals surface area contributed by atoms with Gasteiger partial charge < -0.3 is 14.6 Å². The van der Waals surface area contributed by atoms with E-state index < -0.39 is 0 Å². The van der Waals surface area contributed by atoms with Gasteiger partial charge in [0.05, 0.1) is 17.6 Å². The van der Waals surface area contributed by atoms with E-state index in [0.29, 0.717) is 25.3 Å². The molecule has 0 fully saturated rings. The van der Waals surface area contributed by atoms with Crippen LogP contribution in [-0.2, 0) is 13.0 Å². The highest BCUT2D eigenvalue weighted by atomic mass is 79.9. The maximum absolute atomic E-state index is 12.3. The van der Waals surface area contributed by atoms with E-state index in [2.05, 4.69) is 63.9 Å². The average molecular weight is 506 g/mol. The molecular formula is C27H28BrN3O2. The highest BCUT2D eigenvalue weighted by molar-refractivity contribution is 9.10. The first-order valence-electron chi connectivity index (χ1n) is 11.2. The fourth-order valence-corrected chi connectivity index (χ4v) is 4.25. The number of carbonyl (C=O) groups is 1. The summed E-state index contributed by atoms with van der Waals surface area (Å²) in [6, 6.07) is 21.8. The van der Waals surface area contributed by atoms with Crippen LogP contribution in [0.4, 0.5) is 0 Å². The standard InChI is InChI=1S/C27H28BrN3O2/c1-19-16-20(2)18-23(17-19)33-15-14-31-25-7-4-3-6-24(25)30-26(31)8-5-13-29-27(32)21-9-11-22(28)12-10-21/h3-4,6-7,9-12,16-18H,5,8,13-15H2,1-2H3,(H,29,32). The third kappa shape index (κ3) is 6.02. The molecule has 4 rings (SSSR count). The number of aryl methyl sites for hydroxylation is 3. The summed E-state index contributed by atoms with van der Waals surface area (Å²) in [5.74, 6) is 1.85. The number of aromatic nitrogens is 2. The van der Waals surface area contributed by atoms with E-state index >= 15 is 0 Å². The SMILES string of the molecule is Cc1cc(C)cc(OCCn2c(CCCNC(=O)c3ccc(Br)cc3)nc3ccccc32)c1. The summed E-state index contributed by atoms with van der Waals surface area (Å²) in [6.07, 6.45) is 1.59. The second kappa shape index (κ2) is 10.7. The predicted molar refractivity (Wildman–Crippen MR) is 136 cm³/mol. The van der Waals surface area contributed by atoms with Crippen molar-refractivity contribution < 1.29 is 9.53 Å². The van der Waals surface area contributed by atoms with Gasteiger partial charge in [-0.15, -0.1) is 0 Å². The number of ether oxygens (including phenoxy) is 1. The molecule has 0 spiro atoms. The topological polar surface area (TPSA) is 56.1 Å². The van der Waals surface area contributed by atoms with Crippen molar-refractivity contribution in [2.24, 2.45) is 0 Å². The van der Waals surface area contributed by atoms with Gasteiger partial charge in [0.1, 0.15) is 18.2 Å². The van der Waals surface area contributed by atoms with Crippen molar-refractivity contribution >= 4 is 32.9 Å². The van der Waals surface area contributed by atoms with Crippen LogP contribution in [0.2, 0.25) is 0 Å². The fraction of sp³-hybridized carbons (Fsp3) is 0.259. The van der Waals surface area contributed by atoms with E-state index in [1.165, 1.54) is 11.1 Å². The summed E-state index contributed by atoms with van der Waals surface area (Å²) < 4.78 is 9.24. The first-order valence-corrected chi connectivity index (χ1v) is 12.0. The second-order valence-corrected chi connectivity index (χ2v) is 9.12. The number of nitrogens with zero attached hydrogens (tertiary/aromatic N) is 2. The second-order valence-electron chi connectivity index (χ2n) is 8.21. The Morgan fingerprint density at radius 2 is 1.76 bits per heavy atom. The molecule has 1 aromatic heterocycles. The van der Waals surface area contributed by atoms with E-state index in [9.17, 15) is 4.79 Å². The lowest BCUT2D eigenvalue weighted by Gasteiger charge is -2.12. The monoisotopic (exact) mass is 505 g/mol. The normalized spacial score (nSPS) is 11.0. The van der Waals surface area contributed by atoms with Crippen LogP contribution >= 0.6 is 15.9 Å². The Hall–Kier alpha value is -3.12. The molecule has 0 radical (unpaired) electrons. The number of benzene rings is 3. The Balaban J connectivity index is 1.37. The number of halogens is 1. The minimum absolute atomic E-state index is 0.0575. The Morgan fingerprint density at radius 1 is 1.03 bits per heavy atom. The van der Waals surface area contributed by atoms with Gasteiger partial charge in [0, 0.05) is 23.0 Å². The van der Waals surface area contributed by atoms with Crippen molar-refractivity contribution in [3.8, 4) is 5.75 Å². The minimum Gasteiger partial charge on any atom is -0.492 e. The number of hydrogen-bond donors (Lipinski definition) is 1. The molecular weight excluding hydrogens is 478 g/mol. The summed E-state index contributed by atoms with van der Waals surface area (Å²) >= 11 is 3.39. The molecule has 0 atom stereocenters. The molecule has 1 amide bonds. The van der Waals surface area contributed by atoms with Crippen molar-refractivity contribution in [3.63, 3.8) is 0 Å². The van der Waals surface area contributed by atoms with Crippen molar-refractivity contribution in [3.05, 3.63) is 93.7 Å². The van der Waals surface area contributed by atoms with Gasteiger partial charge in [-0.1, -0.05) is 34.1 Å². The number of imidazole rings is 1. The quantitative estimate of drug-likeness (QED) is 0.290. The molecule has 0 aliphatic heterocycles. The first-order chi connectivity index (χ1) is 16.0. The Bertz CT molecular complexity index is 1230. The molecule has 0 aliphatic rings. The zero-order valence-electron chi connectivity index (χ0n) is 19.0. The molecule has 33 heavy (non-hydrogen) atoms. The van der Waals surface area contributed by atoms with Gasteiger partial charge in [0.15, 0.2) is 0 Å². The van der Waals surface area contributed by atoms with Crippen molar-refractivity contribution in [1.29, 1.82) is 0 Å². The highest BCUT2D eigenvalue weighted by Crippen LogP contribution is 2.19. The number of nitrogens with one attached hydrogen (secondary N) is 1. The molecule has 1 heterocycles. The van der Waals surface area contributed by atoms with Crippen LogP contribution in [0.25, 0.3) is 11.0 Å². The van der Waals surface area contributed by atoms with E-state index in [0.717, 1.165) is 39.9 Å². The van der Waals surface area contributed by atoms with Crippen molar-refractivity contribution in [2.75, 3.05) is 13.2 Å². The minimum atomic E-state index is -0.0575. The number of fused-ring (bicyclic) bond motifs is 1. The van der Waals surface area contributed by atoms with Gasteiger partial charge in [-0.2, -0.15) is 0 Å². The third-order valence-corrected chi connectivity index (χ3v) is 6.01. The van der Waals surface area contributed by atoms with E-state index in [1.807, 2.05) is 42.5 Å². The zero-order valence-corrected chi connectivity index (χ0v) is 20.6. The molecule has 1 N–H and O–H groups in total. The molecule has 6 heteroatoms. The van der Waals surface area contributed by atoms with Crippen LogP contribution in [0.15, 0.2) is 71.2 Å². The number of rotatable bonds is 9. The number of amides is 1. The summed E-state index contributed by atoms with van der Waals surface area (Å²) in [7, 11) is 0. The fourth-order valence-electron chi connectivity index (χ4n) is 3.99. The predicted octanol–water partition coefficient (Wildman–Crippen LogP) is 5.86. The molecule has 170 valence electrons. The summed E-state index contributed by atoms with van der Waals surface area (Å²) in [6.45, 7) is 6.04. The Labute approximate surface area is 202 Å². The van der Waals surface area contributed by atoms with E-state index in [-0.39, 0.29) is 5.91 Å². The lowest BCUT2D eigenvalue weighted by Crippen LogP contribution is -2.25. The molecule has 5 nitrogen and oxygen atoms in total. The maximum atomic E-state index is 12.3. The van der Waals surface area contributed by atoms with Crippen LogP contribution in [0.5, 0.6) is 5.75 Å². The Kier molecular flexibility index (Phi) is 7.45. The summed E-state index contributed by atoms with van der Waals surface area (Å²) in [4.78, 5) is 17.2. The van der Waals surface area contributed by atoms with Gasteiger partial charge in [-0.05, 0) is 79.9 Å². The molecule has 0 bridgehead atoms. The third-order valence-electron chi connectivity index (χ3n) is 5.48. The largest absolute Gasteiger partial charge is 0.492 e.